The molecule has 0 aliphatic carbocycles. The fourth-order valence-electron chi connectivity index (χ4n) is 18.2. The Bertz CT molecular complexity index is 8850. The van der Waals surface area contributed by atoms with Gasteiger partial charge < -0.3 is 27.6 Å². The van der Waals surface area contributed by atoms with E-state index >= 15 is 0 Å². The van der Waals surface area contributed by atoms with Crippen molar-refractivity contribution in [3.05, 3.63) is 396 Å². The van der Waals surface area contributed by atoms with Crippen molar-refractivity contribution < 1.29 is 4.74 Å². The molecule has 0 saturated carbocycles. The summed E-state index contributed by atoms with van der Waals surface area (Å²) < 4.78 is 22.2. The minimum atomic E-state index is -0.400. The van der Waals surface area contributed by atoms with Gasteiger partial charge in [-0.2, -0.15) is 0 Å². The standard InChI is InChI=1S/C23H22ClN3O3.2C23H23N3O2.C22H20ClN3O2.C22H21N3O2/c1-13(2)11-19-25-22-20(21(28)15-7-5-6-8-17(15)26(22)3)23(29)27(19)14-9-10-18(30-4)16(24)12-14;2*1-14(2)13-19-24-22-20(21(27)17-7-5-6-8-18(17)25(22)4)23(28)26(19)16-11-9-15(3)10-12-16;1-13(2)11-18-24-21-19(20(27)16-9-4-5-10-17(16)25(21)3)22(28)26(18)15-8-6-7-14(23)12-15;1-14(2)13-18-23-21-19(22(27)25(18)15-9-5-4-6-10-15)20(26)16-11-7-8-12-17(16)24(21)3/h5-10,12-13H,11H2,1-4H3;2*5-12,14H,13H2,1-4H3;4-10,12-13H,11H2,1-3H3;4-12,14H,13H2,1-3H3. The summed E-state index contributed by atoms with van der Waals surface area (Å²) in [5.74, 6) is 5.20. The third-order valence-electron chi connectivity index (χ3n) is 25.0. The highest BCUT2D eigenvalue weighted by atomic mass is 35.5. The number of aromatic nitrogens is 15. The van der Waals surface area contributed by atoms with Crippen molar-refractivity contribution in [3.8, 4) is 34.2 Å². The number of rotatable bonds is 16. The smallest absolute Gasteiger partial charge is 0.271 e. The van der Waals surface area contributed by atoms with Crippen LogP contribution in [0.25, 0.3) is 138 Å². The number of aryl methyl sites for hydroxylation is 7. The molecule has 10 aromatic heterocycles. The maximum Gasteiger partial charge on any atom is 0.271 e. The molecule has 10 heterocycles. The zero-order chi connectivity index (χ0) is 101. The molecular formula is C113H109Cl2N15O11. The normalized spacial score (nSPS) is 11.6. The summed E-state index contributed by atoms with van der Waals surface area (Å²) in [5.41, 5.74) is 8.37. The maximum atomic E-state index is 13.6. The van der Waals surface area contributed by atoms with Crippen molar-refractivity contribution in [2.75, 3.05) is 7.11 Å². The molecule has 141 heavy (non-hydrogen) atoms. The minimum Gasteiger partial charge on any atom is -0.495 e. The molecule has 28 heteroatoms. The summed E-state index contributed by atoms with van der Waals surface area (Å²) in [6.07, 6.45) is 3.08. The van der Waals surface area contributed by atoms with Crippen molar-refractivity contribution in [3.63, 3.8) is 0 Å². The SMILES string of the molecule is CC(C)Cc1nc2c(c(=O)c3ccccc3n2C)c(=O)n1-c1cccc(Cl)c1.CC(C)Cc1nc2c(c(=O)c3ccccc3n2C)c(=O)n1-c1ccccc1.COc1ccc(-n2c(CC(C)C)nc3c(c(=O)c4ccccc4n3C)c2=O)cc1Cl.Cc1ccc(-n2c(CC(C)C)nc3c(c(=O)c4ccccc4n3C)c2=O)cc1.Cc1ccc(-n2c(CC(C)C)nc3c(c(=O)c4ccccc4n3C)c2=O)cc1. The Labute approximate surface area is 820 Å². The Morgan fingerprint density at radius 1 is 0.262 bits per heavy atom. The molecule has 26 nitrogen and oxygen atoms in total. The van der Waals surface area contributed by atoms with E-state index < -0.39 is 5.56 Å². The molecular weight excluding hydrogens is 1810 g/mol. The number of para-hydroxylation sites is 6. The molecule has 0 spiro atoms. The van der Waals surface area contributed by atoms with Gasteiger partial charge in [-0.25, -0.2) is 24.9 Å². The number of methoxy groups -OCH3 is 1. The van der Waals surface area contributed by atoms with Crippen LogP contribution in [0, 0.1) is 43.4 Å². The number of hydrogen-bond acceptors (Lipinski definition) is 16. The molecule has 0 unspecified atom stereocenters. The zero-order valence-electron chi connectivity index (χ0n) is 82.0. The molecule has 0 amide bonds. The number of hydrogen-bond donors (Lipinski definition) is 0. The molecule has 0 N–H and O–H groups in total. The molecule has 20 rings (SSSR count). The number of benzene rings is 10. The summed E-state index contributed by atoms with van der Waals surface area (Å²) in [6.45, 7) is 24.8. The fraction of sp³-hybridized carbons (Fsp3) is 0.248. The maximum absolute atomic E-state index is 13.6. The van der Waals surface area contributed by atoms with E-state index in [2.05, 4.69) is 69.2 Å². The largest absolute Gasteiger partial charge is 0.495 e. The lowest BCUT2D eigenvalue weighted by molar-refractivity contribution is 0.415. The second-order valence-electron chi connectivity index (χ2n) is 37.7. The van der Waals surface area contributed by atoms with Crippen LogP contribution in [0.3, 0.4) is 0 Å². The van der Waals surface area contributed by atoms with Crippen LogP contribution in [0.4, 0.5) is 0 Å². The summed E-state index contributed by atoms with van der Waals surface area (Å²) in [7, 11) is 10.7. The monoisotopic (exact) mass is 1920 g/mol. The van der Waals surface area contributed by atoms with Crippen LogP contribution in [0.5, 0.6) is 5.75 Å². The van der Waals surface area contributed by atoms with Gasteiger partial charge in [0, 0.05) is 99.3 Å². The number of fused-ring (bicyclic) bond motifs is 10. The third kappa shape index (κ3) is 19.1. The highest BCUT2D eigenvalue weighted by molar-refractivity contribution is 6.32. The van der Waals surface area contributed by atoms with Crippen LogP contribution in [0.1, 0.15) is 109 Å². The molecule has 0 bridgehead atoms. The van der Waals surface area contributed by atoms with E-state index in [0.717, 1.165) is 55.8 Å². The molecule has 0 radical (unpaired) electrons. The third-order valence-corrected chi connectivity index (χ3v) is 25.5. The van der Waals surface area contributed by atoms with Gasteiger partial charge in [-0.3, -0.25) is 70.8 Å². The van der Waals surface area contributed by atoms with E-state index in [1.54, 1.807) is 98.6 Å². The van der Waals surface area contributed by atoms with E-state index in [1.807, 2.05) is 230 Å². The molecule has 0 aliphatic rings. The second kappa shape index (κ2) is 40.8. The lowest BCUT2D eigenvalue weighted by Crippen LogP contribution is -2.30. The fourth-order valence-corrected chi connectivity index (χ4v) is 18.7. The van der Waals surface area contributed by atoms with Crippen LogP contribution in [-0.2, 0) is 67.3 Å². The van der Waals surface area contributed by atoms with Gasteiger partial charge in [0.15, 0.2) is 28.2 Å². The Balaban J connectivity index is 0.000000127. The Morgan fingerprint density at radius 2 is 0.482 bits per heavy atom. The zero-order valence-corrected chi connectivity index (χ0v) is 83.5. The summed E-state index contributed by atoms with van der Waals surface area (Å²) >= 11 is 12.5. The first-order chi connectivity index (χ1) is 67.5. The van der Waals surface area contributed by atoms with Crippen LogP contribution >= 0.6 is 23.2 Å². The summed E-state index contributed by atoms with van der Waals surface area (Å²) in [6, 6.07) is 73.5. The molecule has 20 aromatic rings. The van der Waals surface area contributed by atoms with Gasteiger partial charge in [0.1, 0.15) is 61.8 Å². The molecule has 0 aliphatic heterocycles. The van der Waals surface area contributed by atoms with Crippen LogP contribution < -0.4 is 59.7 Å². The van der Waals surface area contributed by atoms with Crippen molar-refractivity contribution in [2.24, 2.45) is 64.8 Å². The first-order valence-corrected chi connectivity index (χ1v) is 47.7. The van der Waals surface area contributed by atoms with Crippen LogP contribution in [-0.4, -0.2) is 77.7 Å². The van der Waals surface area contributed by atoms with Crippen molar-refractivity contribution in [1.29, 1.82) is 0 Å². The van der Waals surface area contributed by atoms with Gasteiger partial charge >= 0.3 is 0 Å². The van der Waals surface area contributed by atoms with Crippen molar-refractivity contribution >= 4 is 133 Å². The van der Waals surface area contributed by atoms with E-state index in [0.29, 0.717) is 161 Å². The van der Waals surface area contributed by atoms with E-state index in [-0.39, 0.29) is 88.1 Å². The van der Waals surface area contributed by atoms with Gasteiger partial charge in [0.2, 0.25) is 27.1 Å². The molecule has 10 aromatic carbocycles. The van der Waals surface area contributed by atoms with Gasteiger partial charge in [-0.15, -0.1) is 0 Å². The highest BCUT2D eigenvalue weighted by Gasteiger charge is 2.28. The Kier molecular flexibility index (Phi) is 28.5. The Morgan fingerprint density at radius 3 is 0.723 bits per heavy atom. The van der Waals surface area contributed by atoms with Crippen molar-refractivity contribution in [2.45, 2.75) is 115 Å². The van der Waals surface area contributed by atoms with Crippen LogP contribution in [0.15, 0.2) is 291 Å². The van der Waals surface area contributed by atoms with E-state index in [9.17, 15) is 47.9 Å². The van der Waals surface area contributed by atoms with E-state index in [4.69, 9.17) is 52.9 Å². The van der Waals surface area contributed by atoms with Crippen molar-refractivity contribution in [1.82, 2.24) is 70.6 Å². The first kappa shape index (κ1) is 98.4. The predicted molar refractivity (Wildman–Crippen MR) is 569 cm³/mol. The predicted octanol–water partition coefficient (Wildman–Crippen LogP) is 19.1. The molecule has 0 atom stereocenters. The minimum absolute atomic E-state index is 0.0654. The average Bonchev–Trinajstić information content (AvgIpc) is 0.751. The van der Waals surface area contributed by atoms with E-state index in [1.165, 1.54) is 16.2 Å². The van der Waals surface area contributed by atoms with Gasteiger partial charge in [0.25, 0.3) is 27.8 Å². The number of ether oxygens (including phenoxy) is 1. The molecule has 716 valence electrons. The van der Waals surface area contributed by atoms with Crippen LogP contribution in [0.2, 0.25) is 10.0 Å². The molecule has 0 saturated heterocycles. The number of nitrogens with zero attached hydrogens (tertiary/aromatic N) is 15. The van der Waals surface area contributed by atoms with Gasteiger partial charge in [-0.1, -0.05) is 213 Å². The second-order valence-corrected chi connectivity index (χ2v) is 38.5. The average molecular weight is 1920 g/mol. The summed E-state index contributed by atoms with van der Waals surface area (Å²) in [4.78, 5) is 158. The van der Waals surface area contributed by atoms with Gasteiger partial charge in [0.05, 0.1) is 68.2 Å². The van der Waals surface area contributed by atoms with Gasteiger partial charge in [-0.05, 0) is 177 Å². The molecule has 0 fully saturated rings. The quantitative estimate of drug-likeness (QED) is 0.0812. The lowest BCUT2D eigenvalue weighted by atomic mass is 10.1. The number of halogens is 2. The topological polar surface area (TPSA) is 294 Å². The lowest BCUT2D eigenvalue weighted by Gasteiger charge is -2.17. The number of pyridine rings is 5. The highest BCUT2D eigenvalue weighted by Crippen LogP contribution is 2.31. The summed E-state index contributed by atoms with van der Waals surface area (Å²) in [5, 5.41) is 4.04. The first-order valence-electron chi connectivity index (χ1n) is 46.9. The Hall–Kier alpha value is -15.7.